The standard InChI is InChI=1S/C30H36N8O4/c1-30(2,31)28(39)33-24(20-41-19-23-11-7-4-8-12-23)27-35-34-25-18-37(15-16-38(25)27)29(40)42-21-26-32-13-14-36(26)17-22-9-5-3-6-10-22/h3-14,24H,15-21,31H2,1-2H3,(H,33,39)/t24-/m1/s1. The molecule has 0 fully saturated rings. The van der Waals surface area contributed by atoms with E-state index < -0.39 is 17.7 Å². The van der Waals surface area contributed by atoms with Crippen LogP contribution in [-0.4, -0.2) is 59.9 Å². The molecule has 0 bridgehead atoms. The summed E-state index contributed by atoms with van der Waals surface area (Å²) in [7, 11) is 0. The average Bonchev–Trinajstić information content (AvgIpc) is 3.62. The Hall–Kier alpha value is -4.55. The molecule has 2 amide bonds. The number of ether oxygens (including phenoxy) is 2. The van der Waals surface area contributed by atoms with Gasteiger partial charge in [-0.3, -0.25) is 9.69 Å². The highest BCUT2D eigenvalue weighted by Gasteiger charge is 2.32. The molecule has 2 aromatic carbocycles. The molecular weight excluding hydrogens is 536 g/mol. The Bertz CT molecular complexity index is 1480. The zero-order valence-corrected chi connectivity index (χ0v) is 23.8. The fourth-order valence-electron chi connectivity index (χ4n) is 4.61. The molecule has 0 saturated carbocycles. The Morgan fingerprint density at radius 3 is 2.43 bits per heavy atom. The van der Waals surface area contributed by atoms with Crippen LogP contribution in [0, 0.1) is 0 Å². The van der Waals surface area contributed by atoms with Crippen LogP contribution >= 0.6 is 0 Å². The molecule has 3 N–H and O–H groups in total. The van der Waals surface area contributed by atoms with Gasteiger partial charge in [-0.25, -0.2) is 9.78 Å². The predicted molar refractivity (Wildman–Crippen MR) is 154 cm³/mol. The smallest absolute Gasteiger partial charge is 0.410 e. The van der Waals surface area contributed by atoms with Gasteiger partial charge < -0.3 is 29.7 Å². The molecule has 12 heteroatoms. The summed E-state index contributed by atoms with van der Waals surface area (Å²) in [6.45, 7) is 5.57. The first-order chi connectivity index (χ1) is 20.3. The summed E-state index contributed by atoms with van der Waals surface area (Å²) in [6.07, 6.45) is 3.11. The van der Waals surface area contributed by atoms with Crippen molar-refractivity contribution in [2.45, 2.75) is 58.3 Å². The molecule has 42 heavy (non-hydrogen) atoms. The van der Waals surface area contributed by atoms with Crippen molar-refractivity contribution in [3.63, 3.8) is 0 Å². The number of fused-ring (bicyclic) bond motifs is 1. The van der Waals surface area contributed by atoms with Gasteiger partial charge in [-0.2, -0.15) is 0 Å². The van der Waals surface area contributed by atoms with Crippen LogP contribution in [0.15, 0.2) is 73.1 Å². The van der Waals surface area contributed by atoms with Gasteiger partial charge in [0.05, 0.1) is 25.3 Å². The Kier molecular flexibility index (Phi) is 8.94. The second kappa shape index (κ2) is 13.0. The molecular formula is C30H36N8O4. The Balaban J connectivity index is 1.21. The van der Waals surface area contributed by atoms with E-state index in [1.807, 2.05) is 76.0 Å². The van der Waals surface area contributed by atoms with Crippen molar-refractivity contribution >= 4 is 12.0 Å². The quantitative estimate of drug-likeness (QED) is 0.279. The van der Waals surface area contributed by atoms with Crippen molar-refractivity contribution < 1.29 is 19.1 Å². The van der Waals surface area contributed by atoms with Crippen LogP contribution in [0.1, 0.15) is 48.5 Å². The predicted octanol–water partition coefficient (Wildman–Crippen LogP) is 2.79. The second-order valence-corrected chi connectivity index (χ2v) is 10.8. The fourth-order valence-corrected chi connectivity index (χ4v) is 4.61. The van der Waals surface area contributed by atoms with Crippen LogP contribution in [0.4, 0.5) is 4.79 Å². The van der Waals surface area contributed by atoms with Gasteiger partial charge in [0.2, 0.25) is 5.91 Å². The van der Waals surface area contributed by atoms with E-state index in [-0.39, 0.29) is 25.7 Å². The number of imidazole rings is 1. The van der Waals surface area contributed by atoms with Crippen molar-refractivity contribution in [3.8, 4) is 0 Å². The number of hydrogen-bond acceptors (Lipinski definition) is 8. The summed E-state index contributed by atoms with van der Waals surface area (Å²) >= 11 is 0. The van der Waals surface area contributed by atoms with Crippen LogP contribution in [0.25, 0.3) is 0 Å². The van der Waals surface area contributed by atoms with E-state index in [4.69, 9.17) is 15.2 Å². The molecule has 0 aliphatic carbocycles. The fraction of sp³-hybridized carbons (Fsp3) is 0.367. The third kappa shape index (κ3) is 7.20. The maximum atomic E-state index is 13.0. The van der Waals surface area contributed by atoms with E-state index in [0.29, 0.717) is 43.7 Å². The first-order valence-electron chi connectivity index (χ1n) is 13.9. The van der Waals surface area contributed by atoms with E-state index in [2.05, 4.69) is 20.5 Å². The summed E-state index contributed by atoms with van der Waals surface area (Å²) in [5.74, 6) is 1.46. The Labute approximate surface area is 244 Å². The van der Waals surface area contributed by atoms with Crippen molar-refractivity contribution in [2.24, 2.45) is 5.73 Å². The van der Waals surface area contributed by atoms with Crippen LogP contribution in [0.2, 0.25) is 0 Å². The summed E-state index contributed by atoms with van der Waals surface area (Å²) in [4.78, 5) is 31.7. The van der Waals surface area contributed by atoms with Gasteiger partial charge in [-0.15, -0.1) is 10.2 Å². The third-order valence-corrected chi connectivity index (χ3v) is 6.96. The maximum Gasteiger partial charge on any atom is 0.410 e. The molecule has 0 unspecified atom stereocenters. The lowest BCUT2D eigenvalue weighted by atomic mass is 10.1. The van der Waals surface area contributed by atoms with Crippen molar-refractivity contribution in [2.75, 3.05) is 13.2 Å². The zero-order chi connectivity index (χ0) is 29.5. The number of carbonyl (C=O) groups excluding carboxylic acids is 2. The summed E-state index contributed by atoms with van der Waals surface area (Å²) in [6, 6.07) is 19.2. The number of rotatable bonds is 11. The summed E-state index contributed by atoms with van der Waals surface area (Å²) in [5.41, 5.74) is 7.10. The number of nitrogens with two attached hydrogens (primary N) is 1. The SMILES string of the molecule is CC(C)(N)C(=O)N[C@H](COCc1ccccc1)c1nnc2n1CCN(C(=O)OCc1nccn1Cc1ccccc1)C2. The molecule has 0 spiro atoms. The molecule has 3 heterocycles. The molecule has 1 atom stereocenters. The number of aromatic nitrogens is 5. The third-order valence-electron chi connectivity index (χ3n) is 6.96. The summed E-state index contributed by atoms with van der Waals surface area (Å²) < 4.78 is 15.4. The molecule has 220 valence electrons. The molecule has 0 saturated heterocycles. The van der Waals surface area contributed by atoms with Gasteiger partial charge in [-0.1, -0.05) is 60.7 Å². The molecule has 2 aromatic heterocycles. The van der Waals surface area contributed by atoms with Crippen LogP contribution in [-0.2, 0) is 47.1 Å². The van der Waals surface area contributed by atoms with E-state index in [9.17, 15) is 9.59 Å². The highest BCUT2D eigenvalue weighted by molar-refractivity contribution is 5.85. The lowest BCUT2D eigenvalue weighted by Crippen LogP contribution is -2.51. The van der Waals surface area contributed by atoms with Gasteiger partial charge in [0.15, 0.2) is 18.3 Å². The van der Waals surface area contributed by atoms with Crippen molar-refractivity contribution in [1.82, 2.24) is 34.5 Å². The number of benzene rings is 2. The van der Waals surface area contributed by atoms with Crippen molar-refractivity contribution in [1.29, 1.82) is 0 Å². The number of amides is 2. The van der Waals surface area contributed by atoms with E-state index in [1.54, 1.807) is 24.9 Å². The molecule has 4 aromatic rings. The molecule has 1 aliphatic heterocycles. The zero-order valence-electron chi connectivity index (χ0n) is 23.8. The van der Waals surface area contributed by atoms with Gasteiger partial charge >= 0.3 is 6.09 Å². The first-order valence-corrected chi connectivity index (χ1v) is 13.9. The normalized spacial score (nSPS) is 13.8. The van der Waals surface area contributed by atoms with Crippen LogP contribution in [0.5, 0.6) is 0 Å². The lowest BCUT2D eigenvalue weighted by molar-refractivity contribution is -0.126. The molecule has 5 rings (SSSR count). The Morgan fingerprint density at radius 2 is 1.71 bits per heavy atom. The number of nitrogens with zero attached hydrogens (tertiary/aromatic N) is 6. The molecule has 12 nitrogen and oxygen atoms in total. The minimum absolute atomic E-state index is 0.0504. The van der Waals surface area contributed by atoms with Crippen LogP contribution < -0.4 is 11.1 Å². The Morgan fingerprint density at radius 1 is 1.00 bits per heavy atom. The van der Waals surface area contributed by atoms with Gasteiger partial charge in [-0.05, 0) is 25.0 Å². The number of nitrogens with one attached hydrogen (secondary N) is 1. The minimum atomic E-state index is -1.08. The van der Waals surface area contributed by atoms with Gasteiger partial charge in [0.25, 0.3) is 0 Å². The lowest BCUT2D eigenvalue weighted by Gasteiger charge is -2.29. The van der Waals surface area contributed by atoms with Crippen molar-refractivity contribution in [3.05, 3.63) is 102 Å². The van der Waals surface area contributed by atoms with E-state index in [1.165, 1.54) is 0 Å². The average molecular weight is 573 g/mol. The van der Waals surface area contributed by atoms with Gasteiger partial charge in [0, 0.05) is 32.0 Å². The topological polar surface area (TPSA) is 142 Å². The molecule has 1 aliphatic rings. The summed E-state index contributed by atoms with van der Waals surface area (Å²) in [5, 5.41) is 11.7. The number of hydrogen-bond donors (Lipinski definition) is 2. The largest absolute Gasteiger partial charge is 0.441 e. The highest BCUT2D eigenvalue weighted by atomic mass is 16.6. The molecule has 0 radical (unpaired) electrons. The van der Waals surface area contributed by atoms with E-state index in [0.717, 1.165) is 11.1 Å². The van der Waals surface area contributed by atoms with Gasteiger partial charge in [0.1, 0.15) is 11.9 Å². The van der Waals surface area contributed by atoms with E-state index >= 15 is 0 Å². The monoisotopic (exact) mass is 572 g/mol. The number of carbonyl (C=O) groups is 2. The second-order valence-electron chi connectivity index (χ2n) is 10.8. The maximum absolute atomic E-state index is 13.0. The minimum Gasteiger partial charge on any atom is -0.441 e. The highest BCUT2D eigenvalue weighted by Crippen LogP contribution is 2.20. The first kappa shape index (κ1) is 29.0. The van der Waals surface area contributed by atoms with Crippen LogP contribution in [0.3, 0.4) is 0 Å².